The Balaban J connectivity index is 1.72. The van der Waals surface area contributed by atoms with Crippen molar-refractivity contribution in [3.8, 4) is 0 Å². The Morgan fingerprint density at radius 1 is 1.37 bits per heavy atom. The molecule has 2 aliphatic rings. The highest BCUT2D eigenvalue weighted by Gasteiger charge is 2.32. The lowest BCUT2D eigenvalue weighted by molar-refractivity contribution is -0.122. The van der Waals surface area contributed by atoms with Crippen LogP contribution in [0.25, 0.3) is 0 Å². The number of fused-ring (bicyclic) bond motifs is 1. The van der Waals surface area contributed by atoms with E-state index < -0.39 is 0 Å². The van der Waals surface area contributed by atoms with Crippen molar-refractivity contribution in [1.82, 2.24) is 0 Å². The summed E-state index contributed by atoms with van der Waals surface area (Å²) in [6.07, 6.45) is 4.96. The zero-order valence-electron chi connectivity index (χ0n) is 11.5. The first-order valence-corrected chi connectivity index (χ1v) is 7.27. The molecule has 3 heteroatoms. The van der Waals surface area contributed by atoms with Crippen LogP contribution in [0.4, 0.5) is 5.69 Å². The van der Waals surface area contributed by atoms with Crippen LogP contribution in [0.1, 0.15) is 38.2 Å². The van der Waals surface area contributed by atoms with E-state index in [9.17, 15) is 4.79 Å². The Kier molecular flexibility index (Phi) is 3.56. The van der Waals surface area contributed by atoms with E-state index in [0.717, 1.165) is 31.6 Å². The van der Waals surface area contributed by atoms with E-state index in [4.69, 9.17) is 4.74 Å². The van der Waals surface area contributed by atoms with Gasteiger partial charge in [0.25, 0.3) is 0 Å². The van der Waals surface area contributed by atoms with Gasteiger partial charge in [0.05, 0.1) is 12.5 Å². The summed E-state index contributed by atoms with van der Waals surface area (Å²) in [6, 6.07) is 8.50. The Morgan fingerprint density at radius 3 is 3.00 bits per heavy atom. The monoisotopic (exact) mass is 259 g/mol. The second-order valence-corrected chi connectivity index (χ2v) is 5.64. The molecule has 0 aliphatic carbocycles. The second-order valence-electron chi connectivity index (χ2n) is 5.64. The normalized spacial score (nSPS) is 26.3. The number of amides is 1. The smallest absolute Gasteiger partial charge is 0.229 e. The molecule has 2 heterocycles. The van der Waals surface area contributed by atoms with Crippen LogP contribution < -0.4 is 4.90 Å². The Labute approximate surface area is 114 Å². The second kappa shape index (κ2) is 5.33. The molecule has 1 saturated heterocycles. The maximum atomic E-state index is 12.5. The number of benzene rings is 1. The molecule has 19 heavy (non-hydrogen) atoms. The van der Waals surface area contributed by atoms with Crippen LogP contribution in [0.15, 0.2) is 24.3 Å². The zero-order chi connectivity index (χ0) is 13.2. The summed E-state index contributed by atoms with van der Waals surface area (Å²) < 4.78 is 5.68. The summed E-state index contributed by atoms with van der Waals surface area (Å²) in [6.45, 7) is 2.93. The molecule has 3 rings (SSSR count). The van der Waals surface area contributed by atoms with Crippen LogP contribution in [0, 0.1) is 0 Å². The van der Waals surface area contributed by atoms with Gasteiger partial charge in [-0.25, -0.2) is 0 Å². The van der Waals surface area contributed by atoms with E-state index in [0.29, 0.717) is 6.42 Å². The minimum absolute atomic E-state index is 0.126. The maximum absolute atomic E-state index is 12.5. The first kappa shape index (κ1) is 12.7. The van der Waals surface area contributed by atoms with Crippen molar-refractivity contribution in [3.63, 3.8) is 0 Å². The molecule has 0 N–H and O–H groups in total. The van der Waals surface area contributed by atoms with Crippen LogP contribution in [0.3, 0.4) is 0 Å². The van der Waals surface area contributed by atoms with Gasteiger partial charge in [0.15, 0.2) is 0 Å². The molecule has 1 fully saturated rings. The third-order valence-electron chi connectivity index (χ3n) is 4.15. The fourth-order valence-corrected chi connectivity index (χ4v) is 3.21. The van der Waals surface area contributed by atoms with Gasteiger partial charge >= 0.3 is 0 Å². The molecule has 0 aromatic heterocycles. The van der Waals surface area contributed by atoms with Gasteiger partial charge in [0, 0.05) is 18.3 Å². The molecule has 2 aliphatic heterocycles. The molecular formula is C16H21NO2. The van der Waals surface area contributed by atoms with E-state index in [2.05, 4.69) is 19.1 Å². The molecule has 2 unspecified atom stereocenters. The number of para-hydroxylation sites is 1. The van der Waals surface area contributed by atoms with Gasteiger partial charge in [-0.2, -0.15) is 0 Å². The van der Waals surface area contributed by atoms with Crippen LogP contribution >= 0.6 is 0 Å². The summed E-state index contributed by atoms with van der Waals surface area (Å²) in [5.74, 6) is 0.212. The van der Waals surface area contributed by atoms with Crippen molar-refractivity contribution in [2.75, 3.05) is 11.5 Å². The summed E-state index contributed by atoms with van der Waals surface area (Å²) >= 11 is 0. The average Bonchev–Trinajstić information content (AvgIpc) is 2.75. The highest BCUT2D eigenvalue weighted by molar-refractivity contribution is 5.96. The van der Waals surface area contributed by atoms with Gasteiger partial charge in [-0.15, -0.1) is 0 Å². The van der Waals surface area contributed by atoms with Gasteiger partial charge in [-0.05, 0) is 44.2 Å². The maximum Gasteiger partial charge on any atom is 0.229 e. The zero-order valence-corrected chi connectivity index (χ0v) is 11.5. The molecular weight excluding hydrogens is 238 g/mol. The highest BCUT2D eigenvalue weighted by Crippen LogP contribution is 2.32. The molecule has 0 radical (unpaired) electrons. The van der Waals surface area contributed by atoms with E-state index in [-0.39, 0.29) is 18.1 Å². The Hall–Kier alpha value is -1.35. The fourth-order valence-electron chi connectivity index (χ4n) is 3.21. The average molecular weight is 259 g/mol. The number of hydrogen-bond donors (Lipinski definition) is 0. The highest BCUT2D eigenvalue weighted by atomic mass is 16.5. The predicted octanol–water partition coefficient (Wildman–Crippen LogP) is 2.92. The lowest BCUT2D eigenvalue weighted by Crippen LogP contribution is -2.38. The van der Waals surface area contributed by atoms with Crippen molar-refractivity contribution in [2.45, 2.75) is 51.2 Å². The summed E-state index contributed by atoms with van der Waals surface area (Å²) in [4.78, 5) is 14.5. The van der Waals surface area contributed by atoms with Gasteiger partial charge in [0.2, 0.25) is 5.91 Å². The third-order valence-corrected chi connectivity index (χ3v) is 4.15. The molecule has 3 nitrogen and oxygen atoms in total. The number of carbonyl (C=O) groups is 1. The number of nitrogens with zero attached hydrogens (tertiary/aromatic N) is 1. The van der Waals surface area contributed by atoms with E-state index in [1.165, 1.54) is 12.0 Å². The van der Waals surface area contributed by atoms with Gasteiger partial charge in [0.1, 0.15) is 0 Å². The van der Waals surface area contributed by atoms with Gasteiger partial charge in [-0.1, -0.05) is 18.2 Å². The summed E-state index contributed by atoms with van der Waals surface area (Å²) in [5, 5.41) is 0. The molecule has 1 aromatic carbocycles. The quantitative estimate of drug-likeness (QED) is 0.817. The van der Waals surface area contributed by atoms with Gasteiger partial charge in [-0.3, -0.25) is 4.79 Å². The molecule has 1 aromatic rings. The third kappa shape index (κ3) is 2.52. The van der Waals surface area contributed by atoms with E-state index in [1.54, 1.807) is 0 Å². The fraction of sp³-hybridized carbons (Fsp3) is 0.562. The summed E-state index contributed by atoms with van der Waals surface area (Å²) in [7, 11) is 0. The Morgan fingerprint density at radius 2 is 2.21 bits per heavy atom. The van der Waals surface area contributed by atoms with Crippen LogP contribution in [0.2, 0.25) is 0 Å². The Bertz CT molecular complexity index is 466. The topological polar surface area (TPSA) is 29.5 Å². The van der Waals surface area contributed by atoms with Gasteiger partial charge < -0.3 is 9.64 Å². The van der Waals surface area contributed by atoms with Crippen molar-refractivity contribution in [3.05, 3.63) is 29.8 Å². The lowest BCUT2D eigenvalue weighted by atomic mass is 10.1. The molecule has 2 atom stereocenters. The molecule has 0 bridgehead atoms. The first-order valence-electron chi connectivity index (χ1n) is 7.27. The SMILES string of the molecule is CC1Cc2ccccc2N1C(=O)CC1CCCCO1. The largest absolute Gasteiger partial charge is 0.378 e. The van der Waals surface area contributed by atoms with Crippen molar-refractivity contribution >= 4 is 11.6 Å². The van der Waals surface area contributed by atoms with Crippen molar-refractivity contribution < 1.29 is 9.53 Å². The van der Waals surface area contributed by atoms with Crippen LogP contribution in [-0.4, -0.2) is 24.7 Å². The number of anilines is 1. The molecule has 1 amide bonds. The lowest BCUT2D eigenvalue weighted by Gasteiger charge is -2.27. The van der Waals surface area contributed by atoms with Crippen molar-refractivity contribution in [2.24, 2.45) is 0 Å². The molecule has 0 saturated carbocycles. The minimum Gasteiger partial charge on any atom is -0.378 e. The first-order chi connectivity index (χ1) is 9.25. The van der Waals surface area contributed by atoms with Crippen LogP contribution in [-0.2, 0) is 16.0 Å². The summed E-state index contributed by atoms with van der Waals surface area (Å²) in [5.41, 5.74) is 2.38. The minimum atomic E-state index is 0.126. The number of hydrogen-bond acceptors (Lipinski definition) is 2. The standard InChI is InChI=1S/C16H21NO2/c1-12-10-13-6-2-3-8-15(13)17(12)16(18)11-14-7-4-5-9-19-14/h2-3,6,8,12,14H,4-5,7,9-11H2,1H3. The number of ether oxygens (including phenoxy) is 1. The van der Waals surface area contributed by atoms with Crippen LogP contribution in [0.5, 0.6) is 0 Å². The van der Waals surface area contributed by atoms with E-state index >= 15 is 0 Å². The number of carbonyl (C=O) groups excluding carboxylic acids is 1. The number of rotatable bonds is 2. The predicted molar refractivity (Wildman–Crippen MR) is 75.3 cm³/mol. The molecule has 0 spiro atoms. The molecule has 102 valence electrons. The van der Waals surface area contributed by atoms with Crippen molar-refractivity contribution in [1.29, 1.82) is 0 Å². The van der Waals surface area contributed by atoms with E-state index in [1.807, 2.05) is 17.0 Å².